The Kier molecular flexibility index (Phi) is 3.93. The van der Waals surface area contributed by atoms with Crippen LogP contribution in [-0.2, 0) is 15.8 Å². The molecule has 0 saturated carbocycles. The van der Waals surface area contributed by atoms with Gasteiger partial charge < -0.3 is 5.73 Å². The van der Waals surface area contributed by atoms with Crippen LogP contribution in [0.25, 0.3) is 0 Å². The number of rotatable bonds is 4. The number of hydrogen-bond donors (Lipinski definition) is 1. The van der Waals surface area contributed by atoms with Gasteiger partial charge in [-0.2, -0.15) is 0 Å². The molecular weight excluding hydrogens is 224 g/mol. The van der Waals surface area contributed by atoms with Crippen molar-refractivity contribution in [3.05, 3.63) is 29.8 Å². The van der Waals surface area contributed by atoms with Gasteiger partial charge in [0, 0.05) is 18.8 Å². The van der Waals surface area contributed by atoms with E-state index in [-0.39, 0.29) is 11.8 Å². The van der Waals surface area contributed by atoms with Crippen LogP contribution >= 0.6 is 0 Å². The minimum Gasteiger partial charge on any atom is -0.399 e. The molecule has 0 bridgehead atoms. The third-order valence-corrected chi connectivity index (χ3v) is 4.49. The lowest BCUT2D eigenvalue weighted by molar-refractivity contribution is 0.410. The average molecular weight is 242 g/mol. The zero-order valence-corrected chi connectivity index (χ0v) is 10.7. The Balaban J connectivity index is 2.85. The predicted molar refractivity (Wildman–Crippen MR) is 66.4 cm³/mol. The van der Waals surface area contributed by atoms with Gasteiger partial charge in [0.2, 0.25) is 10.0 Å². The summed E-state index contributed by atoms with van der Waals surface area (Å²) < 4.78 is 25.2. The monoisotopic (exact) mass is 242 g/mol. The summed E-state index contributed by atoms with van der Waals surface area (Å²) in [6.07, 6.45) is 0. The standard InChI is InChI=1S/C11H18N2O2S/c1-9(2)13(3)16(14,15)8-10-4-6-11(12)7-5-10/h4-7,9H,8,12H2,1-3H3. The number of hydrogen-bond acceptors (Lipinski definition) is 3. The highest BCUT2D eigenvalue weighted by atomic mass is 32.2. The maximum Gasteiger partial charge on any atom is 0.218 e. The fraction of sp³-hybridized carbons (Fsp3) is 0.455. The molecule has 0 aliphatic rings. The van der Waals surface area contributed by atoms with Crippen LogP contribution in [0, 0.1) is 0 Å². The zero-order chi connectivity index (χ0) is 12.3. The Morgan fingerprint density at radius 2 is 1.75 bits per heavy atom. The number of nitrogen functional groups attached to an aromatic ring is 1. The smallest absolute Gasteiger partial charge is 0.218 e. The maximum atomic E-state index is 11.9. The van der Waals surface area contributed by atoms with Gasteiger partial charge in [0.1, 0.15) is 0 Å². The van der Waals surface area contributed by atoms with E-state index in [0.29, 0.717) is 5.69 Å². The number of anilines is 1. The molecule has 16 heavy (non-hydrogen) atoms. The van der Waals surface area contributed by atoms with Crippen LogP contribution in [0.1, 0.15) is 19.4 Å². The molecule has 0 saturated heterocycles. The number of nitrogens with zero attached hydrogens (tertiary/aromatic N) is 1. The van der Waals surface area contributed by atoms with Gasteiger partial charge in [-0.1, -0.05) is 12.1 Å². The van der Waals surface area contributed by atoms with E-state index in [1.54, 1.807) is 31.3 Å². The first-order chi connectivity index (χ1) is 7.33. The minimum atomic E-state index is -3.23. The molecule has 2 N–H and O–H groups in total. The Morgan fingerprint density at radius 1 is 1.25 bits per heavy atom. The number of nitrogens with two attached hydrogens (primary N) is 1. The highest BCUT2D eigenvalue weighted by Crippen LogP contribution is 2.13. The second-order valence-corrected chi connectivity index (χ2v) is 6.14. The lowest BCUT2D eigenvalue weighted by Crippen LogP contribution is -2.33. The van der Waals surface area contributed by atoms with Gasteiger partial charge in [-0.05, 0) is 31.5 Å². The van der Waals surface area contributed by atoms with Crippen molar-refractivity contribution in [1.82, 2.24) is 4.31 Å². The zero-order valence-electron chi connectivity index (χ0n) is 9.84. The van der Waals surface area contributed by atoms with Crippen molar-refractivity contribution in [2.45, 2.75) is 25.6 Å². The third kappa shape index (κ3) is 3.21. The molecule has 0 fully saturated rings. The third-order valence-electron chi connectivity index (χ3n) is 2.49. The van der Waals surface area contributed by atoms with E-state index in [9.17, 15) is 8.42 Å². The first-order valence-electron chi connectivity index (χ1n) is 5.13. The second kappa shape index (κ2) is 4.84. The Morgan fingerprint density at radius 3 is 2.19 bits per heavy atom. The van der Waals surface area contributed by atoms with E-state index < -0.39 is 10.0 Å². The van der Waals surface area contributed by atoms with Gasteiger partial charge in [-0.15, -0.1) is 0 Å². The van der Waals surface area contributed by atoms with Crippen molar-refractivity contribution in [2.75, 3.05) is 12.8 Å². The fourth-order valence-corrected chi connectivity index (χ4v) is 2.71. The van der Waals surface area contributed by atoms with E-state index in [2.05, 4.69) is 0 Å². The molecule has 0 aromatic heterocycles. The van der Waals surface area contributed by atoms with Gasteiger partial charge in [-0.3, -0.25) is 0 Å². The lowest BCUT2D eigenvalue weighted by atomic mass is 10.2. The summed E-state index contributed by atoms with van der Waals surface area (Å²) >= 11 is 0. The Labute approximate surface area is 97.1 Å². The van der Waals surface area contributed by atoms with Gasteiger partial charge in [0.05, 0.1) is 5.75 Å². The van der Waals surface area contributed by atoms with Crippen molar-refractivity contribution in [3.8, 4) is 0 Å². The highest BCUT2D eigenvalue weighted by molar-refractivity contribution is 7.88. The van der Waals surface area contributed by atoms with Crippen LogP contribution in [0.3, 0.4) is 0 Å². The molecule has 0 aliphatic carbocycles. The van der Waals surface area contributed by atoms with E-state index in [0.717, 1.165) is 5.56 Å². The average Bonchev–Trinajstić information content (AvgIpc) is 2.20. The summed E-state index contributed by atoms with van der Waals surface area (Å²) in [5.74, 6) is 0.0158. The molecule has 0 radical (unpaired) electrons. The summed E-state index contributed by atoms with van der Waals surface area (Å²) in [5, 5.41) is 0. The van der Waals surface area contributed by atoms with Crippen molar-refractivity contribution >= 4 is 15.7 Å². The first-order valence-corrected chi connectivity index (χ1v) is 6.74. The normalized spacial score (nSPS) is 12.3. The summed E-state index contributed by atoms with van der Waals surface area (Å²) in [6, 6.07) is 6.86. The first kappa shape index (κ1) is 13.0. The van der Waals surface area contributed by atoms with Crippen molar-refractivity contribution in [3.63, 3.8) is 0 Å². The molecule has 5 heteroatoms. The largest absolute Gasteiger partial charge is 0.399 e. The van der Waals surface area contributed by atoms with E-state index in [4.69, 9.17) is 5.73 Å². The van der Waals surface area contributed by atoms with Crippen molar-refractivity contribution in [1.29, 1.82) is 0 Å². The fourth-order valence-electron chi connectivity index (χ4n) is 1.25. The molecule has 1 aromatic carbocycles. The van der Waals surface area contributed by atoms with Crippen LogP contribution in [0.2, 0.25) is 0 Å². The van der Waals surface area contributed by atoms with Crippen molar-refractivity contribution < 1.29 is 8.42 Å². The molecule has 1 rings (SSSR count). The van der Waals surface area contributed by atoms with Crippen molar-refractivity contribution in [2.24, 2.45) is 0 Å². The summed E-state index contributed by atoms with van der Waals surface area (Å²) in [6.45, 7) is 3.70. The predicted octanol–water partition coefficient (Wildman–Crippen LogP) is 1.44. The van der Waals surface area contributed by atoms with Gasteiger partial charge in [0.25, 0.3) is 0 Å². The maximum absolute atomic E-state index is 11.9. The molecule has 4 nitrogen and oxygen atoms in total. The van der Waals surface area contributed by atoms with E-state index in [1.165, 1.54) is 4.31 Å². The molecule has 0 unspecified atom stereocenters. The van der Waals surface area contributed by atoms with Crippen LogP contribution < -0.4 is 5.73 Å². The molecule has 0 amide bonds. The SMILES string of the molecule is CC(C)N(C)S(=O)(=O)Cc1ccc(N)cc1. The summed E-state index contributed by atoms with van der Waals surface area (Å²) in [4.78, 5) is 0. The molecular formula is C11H18N2O2S. The van der Waals surface area contributed by atoms with E-state index >= 15 is 0 Å². The van der Waals surface area contributed by atoms with Gasteiger partial charge >= 0.3 is 0 Å². The molecule has 0 atom stereocenters. The van der Waals surface area contributed by atoms with Gasteiger partial charge in [-0.25, -0.2) is 12.7 Å². The Bertz CT molecular complexity index is 438. The topological polar surface area (TPSA) is 63.4 Å². The molecule has 1 aromatic rings. The lowest BCUT2D eigenvalue weighted by Gasteiger charge is -2.20. The quantitative estimate of drug-likeness (QED) is 0.813. The minimum absolute atomic E-state index is 0.0158. The molecule has 0 spiro atoms. The van der Waals surface area contributed by atoms with Crippen LogP contribution in [0.15, 0.2) is 24.3 Å². The Hall–Kier alpha value is -1.07. The number of sulfonamides is 1. The highest BCUT2D eigenvalue weighted by Gasteiger charge is 2.20. The van der Waals surface area contributed by atoms with Crippen LogP contribution in [0.5, 0.6) is 0 Å². The van der Waals surface area contributed by atoms with Crippen LogP contribution in [-0.4, -0.2) is 25.8 Å². The molecule has 90 valence electrons. The molecule has 0 aliphatic heterocycles. The number of benzene rings is 1. The summed E-state index contributed by atoms with van der Waals surface area (Å²) in [5.41, 5.74) is 6.93. The van der Waals surface area contributed by atoms with E-state index in [1.807, 2.05) is 13.8 Å². The molecule has 0 heterocycles. The second-order valence-electron chi connectivity index (χ2n) is 4.11. The summed E-state index contributed by atoms with van der Waals surface area (Å²) in [7, 11) is -1.64. The van der Waals surface area contributed by atoms with Crippen LogP contribution in [0.4, 0.5) is 5.69 Å². The van der Waals surface area contributed by atoms with Gasteiger partial charge in [0.15, 0.2) is 0 Å².